The minimum atomic E-state index is 0.0563. The van der Waals surface area contributed by atoms with Crippen LogP contribution >= 0.6 is 0 Å². The Labute approximate surface area is 100.0 Å². The fourth-order valence-corrected chi connectivity index (χ4v) is 2.93. The summed E-state index contributed by atoms with van der Waals surface area (Å²) in [7, 11) is 0. The highest BCUT2D eigenvalue weighted by molar-refractivity contribution is 5.93. The molecule has 0 aromatic carbocycles. The van der Waals surface area contributed by atoms with Crippen LogP contribution < -0.4 is 11.3 Å². The number of aromatic nitrogens is 1. The molecule has 2 fully saturated rings. The Balaban J connectivity index is 1.77. The fraction of sp³-hybridized carbons (Fsp3) is 0.500. The first-order valence-corrected chi connectivity index (χ1v) is 6.01. The second-order valence-corrected chi connectivity index (χ2v) is 4.87. The van der Waals surface area contributed by atoms with Crippen LogP contribution in [0.4, 0.5) is 5.69 Å². The lowest BCUT2D eigenvalue weighted by atomic mass is 10.1. The molecule has 1 aromatic rings. The summed E-state index contributed by atoms with van der Waals surface area (Å²) >= 11 is 0. The predicted octanol–water partition coefficient (Wildman–Crippen LogP) is 0.992. The van der Waals surface area contributed by atoms with Gasteiger partial charge in [-0.3, -0.25) is 10.6 Å². The number of pyridine rings is 1. The zero-order valence-corrected chi connectivity index (χ0v) is 9.60. The molecule has 1 amide bonds. The maximum atomic E-state index is 12.2. The molecule has 1 aromatic heterocycles. The molecule has 5 nitrogen and oxygen atoms in total. The van der Waals surface area contributed by atoms with E-state index in [4.69, 9.17) is 5.84 Å². The van der Waals surface area contributed by atoms with Crippen molar-refractivity contribution in [2.75, 3.05) is 12.0 Å². The van der Waals surface area contributed by atoms with E-state index >= 15 is 0 Å². The number of piperidine rings is 1. The normalized spacial score (nSPS) is 26.3. The van der Waals surface area contributed by atoms with Crippen LogP contribution in [0.5, 0.6) is 0 Å². The van der Waals surface area contributed by atoms with Crippen molar-refractivity contribution >= 4 is 11.6 Å². The summed E-state index contributed by atoms with van der Waals surface area (Å²) in [6, 6.07) is 3.94. The zero-order chi connectivity index (χ0) is 11.8. The van der Waals surface area contributed by atoms with Gasteiger partial charge in [-0.2, -0.15) is 0 Å². The van der Waals surface area contributed by atoms with Crippen LogP contribution in [-0.2, 0) is 0 Å². The van der Waals surface area contributed by atoms with E-state index in [1.54, 1.807) is 18.3 Å². The van der Waals surface area contributed by atoms with E-state index in [-0.39, 0.29) is 5.91 Å². The van der Waals surface area contributed by atoms with Gasteiger partial charge in [0.25, 0.3) is 5.91 Å². The summed E-state index contributed by atoms with van der Waals surface area (Å²) in [5, 5.41) is 0. The van der Waals surface area contributed by atoms with Crippen molar-refractivity contribution < 1.29 is 4.79 Å². The number of nitrogens with zero attached hydrogens (tertiary/aromatic N) is 2. The Morgan fingerprint density at radius 3 is 2.88 bits per heavy atom. The van der Waals surface area contributed by atoms with Crippen molar-refractivity contribution in [2.24, 2.45) is 11.8 Å². The number of amides is 1. The van der Waals surface area contributed by atoms with Crippen LogP contribution in [0, 0.1) is 5.92 Å². The standard InChI is InChI=1S/C12H16N4O/c13-15-9-2-4-11(14-6-9)12(17)16-7-8-1-3-10(16)5-8/h2,4,6,8,10,15H,1,3,5,7,13H2. The van der Waals surface area contributed by atoms with Crippen molar-refractivity contribution in [1.82, 2.24) is 9.88 Å². The molecule has 3 N–H and O–H groups in total. The molecule has 1 aliphatic heterocycles. The van der Waals surface area contributed by atoms with E-state index in [9.17, 15) is 4.79 Å². The second-order valence-electron chi connectivity index (χ2n) is 4.87. The predicted molar refractivity (Wildman–Crippen MR) is 64.2 cm³/mol. The lowest BCUT2D eigenvalue weighted by Gasteiger charge is -2.26. The van der Waals surface area contributed by atoms with E-state index in [0.29, 0.717) is 23.3 Å². The lowest BCUT2D eigenvalue weighted by Crippen LogP contribution is -2.38. The number of hydrogen-bond acceptors (Lipinski definition) is 4. The number of fused-ring (bicyclic) bond motifs is 2. The Morgan fingerprint density at radius 2 is 2.35 bits per heavy atom. The van der Waals surface area contributed by atoms with Gasteiger partial charge in [-0.1, -0.05) is 0 Å². The van der Waals surface area contributed by atoms with Gasteiger partial charge in [0.15, 0.2) is 0 Å². The number of rotatable bonds is 2. The first kappa shape index (κ1) is 10.5. The van der Waals surface area contributed by atoms with Crippen molar-refractivity contribution in [3.63, 3.8) is 0 Å². The van der Waals surface area contributed by atoms with Crippen LogP contribution in [0.3, 0.4) is 0 Å². The summed E-state index contributed by atoms with van der Waals surface area (Å²) in [6.45, 7) is 0.905. The summed E-state index contributed by atoms with van der Waals surface area (Å²) in [4.78, 5) is 18.4. The third-order valence-electron chi connectivity index (χ3n) is 3.82. The van der Waals surface area contributed by atoms with Gasteiger partial charge in [-0.15, -0.1) is 0 Å². The van der Waals surface area contributed by atoms with E-state index in [2.05, 4.69) is 10.4 Å². The summed E-state index contributed by atoms with van der Waals surface area (Å²) < 4.78 is 0. The first-order chi connectivity index (χ1) is 8.28. The molecule has 2 aliphatic rings. The Morgan fingerprint density at radius 1 is 1.47 bits per heavy atom. The summed E-state index contributed by atoms with van der Waals surface area (Å²) in [5.74, 6) is 6.04. The van der Waals surface area contributed by atoms with Crippen molar-refractivity contribution in [3.8, 4) is 0 Å². The highest BCUT2D eigenvalue weighted by Crippen LogP contribution is 2.37. The highest BCUT2D eigenvalue weighted by Gasteiger charge is 2.40. The monoisotopic (exact) mass is 232 g/mol. The van der Waals surface area contributed by atoms with Gasteiger partial charge in [0.2, 0.25) is 0 Å². The van der Waals surface area contributed by atoms with Crippen molar-refractivity contribution in [1.29, 1.82) is 0 Å². The van der Waals surface area contributed by atoms with Crippen LogP contribution in [0.1, 0.15) is 29.8 Å². The maximum Gasteiger partial charge on any atom is 0.272 e. The fourth-order valence-electron chi connectivity index (χ4n) is 2.93. The van der Waals surface area contributed by atoms with E-state index in [0.717, 1.165) is 13.0 Å². The molecule has 5 heteroatoms. The molecule has 1 aliphatic carbocycles. The molecule has 1 saturated heterocycles. The number of hydrazine groups is 1. The molecule has 0 spiro atoms. The average Bonchev–Trinajstić information content (AvgIpc) is 3.00. The van der Waals surface area contributed by atoms with Crippen LogP contribution in [0.25, 0.3) is 0 Å². The number of anilines is 1. The van der Waals surface area contributed by atoms with Gasteiger partial charge >= 0.3 is 0 Å². The molecule has 2 unspecified atom stereocenters. The van der Waals surface area contributed by atoms with Crippen LogP contribution in [0.15, 0.2) is 18.3 Å². The van der Waals surface area contributed by atoms with Gasteiger partial charge in [0.05, 0.1) is 11.9 Å². The second kappa shape index (κ2) is 4.00. The number of hydrogen-bond donors (Lipinski definition) is 2. The molecule has 90 valence electrons. The Kier molecular flexibility index (Phi) is 2.48. The number of nitrogens with one attached hydrogen (secondary N) is 1. The Bertz CT molecular complexity index is 431. The quantitative estimate of drug-likeness (QED) is 0.589. The lowest BCUT2D eigenvalue weighted by molar-refractivity contribution is 0.0697. The van der Waals surface area contributed by atoms with Gasteiger partial charge in [0.1, 0.15) is 5.69 Å². The minimum Gasteiger partial charge on any atom is -0.334 e. The number of likely N-dealkylation sites (tertiary alicyclic amines) is 1. The van der Waals surface area contributed by atoms with E-state index in [1.807, 2.05) is 4.90 Å². The van der Waals surface area contributed by atoms with Crippen molar-refractivity contribution in [3.05, 3.63) is 24.0 Å². The number of nitrogen functional groups attached to an aromatic ring is 1. The topological polar surface area (TPSA) is 71.2 Å². The molecule has 17 heavy (non-hydrogen) atoms. The highest BCUT2D eigenvalue weighted by atomic mass is 16.2. The SMILES string of the molecule is NNc1ccc(C(=O)N2CC3CCC2C3)nc1. The molecule has 2 atom stereocenters. The molecule has 2 heterocycles. The number of carbonyl (C=O) groups is 1. The minimum absolute atomic E-state index is 0.0563. The molecular weight excluding hydrogens is 216 g/mol. The maximum absolute atomic E-state index is 12.2. The smallest absolute Gasteiger partial charge is 0.272 e. The van der Waals surface area contributed by atoms with Crippen molar-refractivity contribution in [2.45, 2.75) is 25.3 Å². The van der Waals surface area contributed by atoms with Gasteiger partial charge in [-0.25, -0.2) is 4.98 Å². The molecule has 2 bridgehead atoms. The zero-order valence-electron chi connectivity index (χ0n) is 9.60. The number of nitrogens with two attached hydrogens (primary N) is 1. The van der Waals surface area contributed by atoms with Crippen LogP contribution in [0.2, 0.25) is 0 Å². The van der Waals surface area contributed by atoms with Gasteiger partial charge < -0.3 is 10.3 Å². The molecule has 1 saturated carbocycles. The molecule has 0 radical (unpaired) electrons. The van der Waals surface area contributed by atoms with Crippen LogP contribution in [-0.4, -0.2) is 28.4 Å². The molecular formula is C12H16N4O. The van der Waals surface area contributed by atoms with Gasteiger partial charge in [-0.05, 0) is 37.3 Å². The third-order valence-corrected chi connectivity index (χ3v) is 3.82. The Hall–Kier alpha value is -1.62. The summed E-state index contributed by atoms with van der Waals surface area (Å²) in [5.41, 5.74) is 3.73. The average molecular weight is 232 g/mol. The van der Waals surface area contributed by atoms with Gasteiger partial charge in [0, 0.05) is 12.6 Å². The largest absolute Gasteiger partial charge is 0.334 e. The number of carbonyl (C=O) groups excluding carboxylic acids is 1. The molecule has 3 rings (SSSR count). The van der Waals surface area contributed by atoms with E-state index < -0.39 is 0 Å². The summed E-state index contributed by atoms with van der Waals surface area (Å²) in [6.07, 6.45) is 5.19. The first-order valence-electron chi connectivity index (χ1n) is 6.01. The third kappa shape index (κ3) is 1.76. The van der Waals surface area contributed by atoms with E-state index in [1.165, 1.54) is 12.8 Å².